The number of carbonyl (C=O) groups excluding carboxylic acids is 2. The number of aromatic nitrogens is 2. The summed E-state index contributed by atoms with van der Waals surface area (Å²) >= 11 is 4.67. The summed E-state index contributed by atoms with van der Waals surface area (Å²) in [5.41, 5.74) is 2.25. The van der Waals surface area contributed by atoms with Gasteiger partial charge in [-0.2, -0.15) is 0 Å². The minimum atomic E-state index is -0.362. The molecule has 6 nitrogen and oxygen atoms in total. The first-order valence-corrected chi connectivity index (χ1v) is 11.9. The Morgan fingerprint density at radius 3 is 2.86 bits per heavy atom. The number of nitrogens with one attached hydrogen (secondary N) is 1. The van der Waals surface area contributed by atoms with E-state index in [4.69, 9.17) is 0 Å². The maximum atomic E-state index is 12.6. The Hall–Kier alpha value is -2.23. The van der Waals surface area contributed by atoms with E-state index in [0.717, 1.165) is 15.7 Å². The standard InChI is InChI=1S/C20H20N4O2S3/c1-13-4-6-14(7-5-13)10-24-11-15(9-17(24)25)18(26)21-19-22-23-20(29-19)28-12-16-3-2-8-27-16/h2-8,15H,9-12H2,1H3,(H,21,22,26). The second-order valence-electron chi connectivity index (χ2n) is 6.89. The smallest absolute Gasteiger partial charge is 0.231 e. The van der Waals surface area contributed by atoms with Crippen LogP contribution >= 0.6 is 34.4 Å². The molecule has 1 aromatic carbocycles. The van der Waals surface area contributed by atoms with Gasteiger partial charge in [-0.05, 0) is 23.9 Å². The van der Waals surface area contributed by atoms with Crippen molar-refractivity contribution in [2.75, 3.05) is 11.9 Å². The molecule has 0 saturated carbocycles. The zero-order valence-corrected chi connectivity index (χ0v) is 18.3. The molecule has 9 heteroatoms. The molecule has 29 heavy (non-hydrogen) atoms. The molecule has 1 unspecified atom stereocenters. The van der Waals surface area contributed by atoms with E-state index >= 15 is 0 Å². The van der Waals surface area contributed by atoms with Gasteiger partial charge in [0.2, 0.25) is 16.9 Å². The molecule has 150 valence electrons. The second-order valence-corrected chi connectivity index (χ2v) is 10.1. The number of anilines is 1. The van der Waals surface area contributed by atoms with Crippen molar-refractivity contribution >= 4 is 51.4 Å². The Morgan fingerprint density at radius 2 is 2.10 bits per heavy atom. The van der Waals surface area contributed by atoms with E-state index in [0.29, 0.717) is 18.2 Å². The van der Waals surface area contributed by atoms with Gasteiger partial charge in [-0.1, -0.05) is 59.0 Å². The number of thioether (sulfide) groups is 1. The Morgan fingerprint density at radius 1 is 1.28 bits per heavy atom. The summed E-state index contributed by atoms with van der Waals surface area (Å²) in [7, 11) is 0. The number of carbonyl (C=O) groups is 2. The van der Waals surface area contributed by atoms with Gasteiger partial charge in [0.15, 0.2) is 4.34 Å². The monoisotopic (exact) mass is 444 g/mol. The van der Waals surface area contributed by atoms with E-state index in [2.05, 4.69) is 21.6 Å². The first-order valence-electron chi connectivity index (χ1n) is 9.19. The maximum Gasteiger partial charge on any atom is 0.231 e. The van der Waals surface area contributed by atoms with Gasteiger partial charge in [0.05, 0.1) is 5.92 Å². The summed E-state index contributed by atoms with van der Waals surface area (Å²) in [5, 5.41) is 13.5. The number of nitrogens with zero attached hydrogens (tertiary/aromatic N) is 3. The summed E-state index contributed by atoms with van der Waals surface area (Å²) in [4.78, 5) is 28.0. The lowest BCUT2D eigenvalue weighted by Crippen LogP contribution is -2.28. The fourth-order valence-corrected chi connectivity index (χ4v) is 5.60. The lowest BCUT2D eigenvalue weighted by molar-refractivity contribution is -0.128. The Balaban J connectivity index is 1.29. The van der Waals surface area contributed by atoms with Crippen LogP contribution in [0, 0.1) is 12.8 Å². The molecule has 0 aliphatic carbocycles. The SMILES string of the molecule is Cc1ccc(CN2CC(C(=O)Nc3nnc(SCc4cccs4)s3)CC2=O)cc1. The van der Waals surface area contributed by atoms with E-state index in [1.54, 1.807) is 28.0 Å². The number of hydrogen-bond donors (Lipinski definition) is 1. The van der Waals surface area contributed by atoms with Gasteiger partial charge >= 0.3 is 0 Å². The lowest BCUT2D eigenvalue weighted by Gasteiger charge is -2.16. The highest BCUT2D eigenvalue weighted by Gasteiger charge is 2.34. The first kappa shape index (κ1) is 20.1. The molecular weight excluding hydrogens is 424 g/mol. The maximum absolute atomic E-state index is 12.6. The van der Waals surface area contributed by atoms with Crippen molar-refractivity contribution in [2.45, 2.75) is 30.0 Å². The highest BCUT2D eigenvalue weighted by molar-refractivity contribution is 8.00. The molecule has 1 saturated heterocycles. The van der Waals surface area contributed by atoms with Crippen LogP contribution in [0.3, 0.4) is 0 Å². The van der Waals surface area contributed by atoms with E-state index in [9.17, 15) is 9.59 Å². The molecular formula is C20H20N4O2S3. The zero-order valence-electron chi connectivity index (χ0n) is 15.8. The van der Waals surface area contributed by atoms with Crippen molar-refractivity contribution in [1.82, 2.24) is 15.1 Å². The number of aryl methyl sites for hydroxylation is 1. The number of thiophene rings is 1. The Kier molecular flexibility index (Phi) is 6.27. The third-order valence-electron chi connectivity index (χ3n) is 4.63. The minimum absolute atomic E-state index is 0.00943. The molecule has 2 aromatic heterocycles. The fraction of sp³-hybridized carbons (Fsp3) is 0.300. The summed E-state index contributed by atoms with van der Waals surface area (Å²) in [6.45, 7) is 2.99. The lowest BCUT2D eigenvalue weighted by atomic mass is 10.1. The van der Waals surface area contributed by atoms with Gasteiger partial charge in [0, 0.05) is 30.1 Å². The molecule has 0 radical (unpaired) electrons. The van der Waals surface area contributed by atoms with Crippen LogP contribution in [0.4, 0.5) is 5.13 Å². The summed E-state index contributed by atoms with van der Waals surface area (Å²) in [6, 6.07) is 12.2. The second kappa shape index (κ2) is 9.06. The quantitative estimate of drug-likeness (QED) is 0.437. The predicted molar refractivity (Wildman–Crippen MR) is 117 cm³/mol. The molecule has 1 fully saturated rings. The molecule has 1 aliphatic heterocycles. The zero-order chi connectivity index (χ0) is 20.2. The number of likely N-dealkylation sites (tertiary alicyclic amines) is 1. The van der Waals surface area contributed by atoms with Crippen LogP contribution in [0.15, 0.2) is 46.1 Å². The summed E-state index contributed by atoms with van der Waals surface area (Å²) < 4.78 is 0.817. The van der Waals surface area contributed by atoms with Crippen LogP contribution in [0.25, 0.3) is 0 Å². The summed E-state index contributed by atoms with van der Waals surface area (Å²) in [5.74, 6) is 0.315. The third-order valence-corrected chi connectivity index (χ3v) is 7.71. The van der Waals surface area contributed by atoms with Gasteiger partial charge in [0.1, 0.15) is 0 Å². The average molecular weight is 445 g/mol. The molecule has 4 rings (SSSR count). The van der Waals surface area contributed by atoms with E-state index in [-0.39, 0.29) is 24.2 Å². The van der Waals surface area contributed by atoms with Crippen LogP contribution < -0.4 is 5.32 Å². The van der Waals surface area contributed by atoms with Gasteiger partial charge in [-0.3, -0.25) is 9.59 Å². The number of rotatable bonds is 7. The van der Waals surface area contributed by atoms with E-state index in [1.807, 2.05) is 42.6 Å². The van der Waals surface area contributed by atoms with E-state index < -0.39 is 0 Å². The van der Waals surface area contributed by atoms with Crippen LogP contribution in [0.1, 0.15) is 22.4 Å². The van der Waals surface area contributed by atoms with Crippen LogP contribution in [-0.2, 0) is 21.9 Å². The highest BCUT2D eigenvalue weighted by Crippen LogP contribution is 2.30. The molecule has 0 spiro atoms. The van der Waals surface area contributed by atoms with Crippen molar-refractivity contribution in [2.24, 2.45) is 5.92 Å². The first-order chi connectivity index (χ1) is 14.1. The average Bonchev–Trinajstić information content (AvgIpc) is 3.44. The largest absolute Gasteiger partial charge is 0.338 e. The molecule has 1 atom stereocenters. The van der Waals surface area contributed by atoms with Crippen molar-refractivity contribution < 1.29 is 9.59 Å². The van der Waals surface area contributed by atoms with Crippen molar-refractivity contribution in [3.05, 3.63) is 57.8 Å². The molecule has 1 aliphatic rings. The Labute approximate surface area is 181 Å². The van der Waals surface area contributed by atoms with Gasteiger partial charge < -0.3 is 10.2 Å². The molecule has 1 N–H and O–H groups in total. The molecule has 2 amide bonds. The third kappa shape index (κ3) is 5.23. The number of benzene rings is 1. The molecule has 0 bridgehead atoms. The number of amides is 2. The van der Waals surface area contributed by atoms with Crippen LogP contribution in [0.5, 0.6) is 0 Å². The fourth-order valence-electron chi connectivity index (χ4n) is 3.07. The Bertz CT molecular complexity index is 986. The number of hydrogen-bond acceptors (Lipinski definition) is 7. The van der Waals surface area contributed by atoms with Crippen LogP contribution in [-0.4, -0.2) is 33.5 Å². The van der Waals surface area contributed by atoms with Crippen molar-refractivity contribution in [3.63, 3.8) is 0 Å². The van der Waals surface area contributed by atoms with Gasteiger partial charge in [0.25, 0.3) is 0 Å². The van der Waals surface area contributed by atoms with E-state index in [1.165, 1.54) is 21.8 Å². The normalized spacial score (nSPS) is 16.4. The van der Waals surface area contributed by atoms with Crippen molar-refractivity contribution in [3.8, 4) is 0 Å². The molecule has 3 aromatic rings. The van der Waals surface area contributed by atoms with Gasteiger partial charge in [-0.25, -0.2) is 0 Å². The topological polar surface area (TPSA) is 75.2 Å². The molecule has 3 heterocycles. The highest BCUT2D eigenvalue weighted by atomic mass is 32.2. The summed E-state index contributed by atoms with van der Waals surface area (Å²) in [6.07, 6.45) is 0.233. The minimum Gasteiger partial charge on any atom is -0.338 e. The van der Waals surface area contributed by atoms with Gasteiger partial charge in [-0.15, -0.1) is 21.5 Å². The van der Waals surface area contributed by atoms with Crippen molar-refractivity contribution in [1.29, 1.82) is 0 Å². The van der Waals surface area contributed by atoms with Crippen LogP contribution in [0.2, 0.25) is 0 Å². The predicted octanol–water partition coefficient (Wildman–Crippen LogP) is 4.19.